The van der Waals surface area contributed by atoms with E-state index in [1.807, 2.05) is 55.5 Å². The van der Waals surface area contributed by atoms with E-state index in [9.17, 15) is 4.79 Å². The van der Waals surface area contributed by atoms with Gasteiger partial charge in [0.1, 0.15) is 17.5 Å². The van der Waals surface area contributed by atoms with Crippen LogP contribution in [0.3, 0.4) is 0 Å². The Morgan fingerprint density at radius 2 is 1.65 bits per heavy atom. The van der Waals surface area contributed by atoms with Crippen LogP contribution in [-0.4, -0.2) is 15.9 Å². The molecule has 6 heteroatoms. The van der Waals surface area contributed by atoms with Crippen molar-refractivity contribution in [2.24, 2.45) is 0 Å². The number of nitrogens with one attached hydrogen (secondary N) is 3. The number of benzene rings is 2. The van der Waals surface area contributed by atoms with Crippen LogP contribution in [-0.2, 0) is 11.3 Å². The molecule has 132 valence electrons. The lowest BCUT2D eigenvalue weighted by molar-refractivity contribution is -0.114. The fourth-order valence-corrected chi connectivity index (χ4v) is 2.54. The first-order valence-electron chi connectivity index (χ1n) is 8.37. The minimum absolute atomic E-state index is 0.104. The maximum atomic E-state index is 11.2. The molecular formula is C20H21N5O. The molecule has 0 aliphatic heterocycles. The monoisotopic (exact) mass is 347 g/mol. The highest BCUT2D eigenvalue weighted by Gasteiger charge is 2.04. The van der Waals surface area contributed by atoms with E-state index in [1.54, 1.807) is 0 Å². The summed E-state index contributed by atoms with van der Waals surface area (Å²) >= 11 is 0. The number of aryl methyl sites for hydroxylation is 1. The third-order valence-electron chi connectivity index (χ3n) is 3.61. The van der Waals surface area contributed by atoms with Gasteiger partial charge in [-0.2, -0.15) is 0 Å². The van der Waals surface area contributed by atoms with Gasteiger partial charge >= 0.3 is 0 Å². The molecule has 26 heavy (non-hydrogen) atoms. The van der Waals surface area contributed by atoms with Crippen molar-refractivity contribution in [2.75, 3.05) is 16.0 Å². The van der Waals surface area contributed by atoms with Gasteiger partial charge in [-0.3, -0.25) is 4.79 Å². The summed E-state index contributed by atoms with van der Waals surface area (Å²) in [5, 5.41) is 9.34. The van der Waals surface area contributed by atoms with Gasteiger partial charge < -0.3 is 16.0 Å². The molecule has 0 spiro atoms. The molecule has 3 aromatic rings. The number of anilines is 4. The topological polar surface area (TPSA) is 78.9 Å². The smallest absolute Gasteiger partial charge is 0.221 e. The summed E-state index contributed by atoms with van der Waals surface area (Å²) in [4.78, 5) is 20.1. The van der Waals surface area contributed by atoms with E-state index in [0.29, 0.717) is 18.2 Å². The first-order chi connectivity index (χ1) is 12.6. The van der Waals surface area contributed by atoms with Crippen LogP contribution in [0.2, 0.25) is 0 Å². The number of carbonyl (C=O) groups excluding carboxylic acids is 1. The Morgan fingerprint density at radius 3 is 2.42 bits per heavy atom. The number of aromatic nitrogens is 2. The van der Waals surface area contributed by atoms with Crippen molar-refractivity contribution < 1.29 is 4.79 Å². The van der Waals surface area contributed by atoms with Crippen molar-refractivity contribution in [1.29, 1.82) is 0 Å². The summed E-state index contributed by atoms with van der Waals surface area (Å²) in [6.07, 6.45) is 0. The average Bonchev–Trinajstić information content (AvgIpc) is 2.60. The molecular weight excluding hydrogens is 326 g/mol. The van der Waals surface area contributed by atoms with Gasteiger partial charge in [-0.1, -0.05) is 36.4 Å². The van der Waals surface area contributed by atoms with Gasteiger partial charge in [-0.05, 0) is 30.7 Å². The molecule has 0 radical (unpaired) electrons. The van der Waals surface area contributed by atoms with Crippen LogP contribution in [0.15, 0.2) is 60.7 Å². The molecule has 0 unspecified atom stereocenters. The van der Waals surface area contributed by atoms with Gasteiger partial charge in [0, 0.05) is 30.9 Å². The predicted octanol–water partition coefficient (Wildman–Crippen LogP) is 4.10. The Bertz CT molecular complexity index is 896. The van der Waals surface area contributed by atoms with Crippen molar-refractivity contribution in [3.63, 3.8) is 0 Å². The van der Waals surface area contributed by atoms with Crippen molar-refractivity contribution in [1.82, 2.24) is 9.97 Å². The molecule has 2 aromatic carbocycles. The van der Waals surface area contributed by atoms with Crippen LogP contribution in [0.25, 0.3) is 0 Å². The molecule has 3 N–H and O–H groups in total. The zero-order chi connectivity index (χ0) is 18.4. The molecule has 1 amide bonds. The lowest BCUT2D eigenvalue weighted by atomic mass is 10.2. The fourth-order valence-electron chi connectivity index (χ4n) is 2.54. The second-order valence-corrected chi connectivity index (χ2v) is 5.91. The highest BCUT2D eigenvalue weighted by atomic mass is 16.1. The summed E-state index contributed by atoms with van der Waals surface area (Å²) in [6, 6.07) is 19.5. The van der Waals surface area contributed by atoms with Crippen LogP contribution < -0.4 is 16.0 Å². The first-order valence-corrected chi connectivity index (χ1v) is 8.37. The molecule has 0 aliphatic rings. The Hall–Kier alpha value is -3.41. The maximum absolute atomic E-state index is 11.2. The summed E-state index contributed by atoms with van der Waals surface area (Å²) in [6.45, 7) is 4.03. The quantitative estimate of drug-likeness (QED) is 0.626. The Labute approximate surface area is 152 Å². The Balaban J connectivity index is 1.72. The highest BCUT2D eigenvalue weighted by molar-refractivity contribution is 5.89. The van der Waals surface area contributed by atoms with Crippen molar-refractivity contribution in [3.8, 4) is 0 Å². The number of amides is 1. The molecule has 0 fully saturated rings. The molecule has 0 saturated heterocycles. The molecule has 3 rings (SSSR count). The minimum Gasteiger partial charge on any atom is -0.366 e. The van der Waals surface area contributed by atoms with E-state index < -0.39 is 0 Å². The Morgan fingerprint density at radius 1 is 0.923 bits per heavy atom. The lowest BCUT2D eigenvalue weighted by Crippen LogP contribution is -2.06. The maximum Gasteiger partial charge on any atom is 0.221 e. The minimum atomic E-state index is -0.104. The number of carbonyl (C=O) groups is 1. The van der Waals surface area contributed by atoms with Gasteiger partial charge in [0.05, 0.1) is 0 Å². The van der Waals surface area contributed by atoms with Crippen LogP contribution in [0.4, 0.5) is 23.0 Å². The SMILES string of the molecule is CC(=O)Nc1cccc(Nc2cc(NCc3ccccc3)nc(C)n2)c1. The van der Waals surface area contributed by atoms with E-state index in [4.69, 9.17) is 0 Å². The largest absolute Gasteiger partial charge is 0.366 e. The van der Waals surface area contributed by atoms with E-state index in [2.05, 4.69) is 38.1 Å². The zero-order valence-corrected chi connectivity index (χ0v) is 14.8. The van der Waals surface area contributed by atoms with Crippen LogP contribution >= 0.6 is 0 Å². The van der Waals surface area contributed by atoms with Gasteiger partial charge in [0.15, 0.2) is 0 Å². The van der Waals surface area contributed by atoms with Crippen LogP contribution in [0, 0.1) is 6.92 Å². The molecule has 0 aliphatic carbocycles. The number of rotatable bonds is 6. The summed E-state index contributed by atoms with van der Waals surface area (Å²) in [5.41, 5.74) is 2.75. The second-order valence-electron chi connectivity index (χ2n) is 5.91. The molecule has 1 heterocycles. The van der Waals surface area contributed by atoms with E-state index in [0.717, 1.165) is 17.2 Å². The van der Waals surface area contributed by atoms with Gasteiger partial charge in [0.25, 0.3) is 0 Å². The summed E-state index contributed by atoms with van der Waals surface area (Å²) in [5.74, 6) is 2.01. The van der Waals surface area contributed by atoms with Gasteiger partial charge in [-0.25, -0.2) is 9.97 Å². The van der Waals surface area contributed by atoms with Gasteiger partial charge in [0.2, 0.25) is 5.91 Å². The van der Waals surface area contributed by atoms with Gasteiger partial charge in [-0.15, -0.1) is 0 Å². The molecule has 0 bridgehead atoms. The van der Waals surface area contributed by atoms with E-state index in [-0.39, 0.29) is 5.91 Å². The second kappa shape index (κ2) is 8.11. The standard InChI is InChI=1S/C20H21N5O/c1-14-22-19(21-13-16-7-4-3-5-8-16)12-20(23-14)25-18-10-6-9-17(11-18)24-15(2)26/h3-12H,13H2,1-2H3,(H,24,26)(H2,21,22,23,25). The number of nitrogens with zero attached hydrogens (tertiary/aromatic N) is 2. The zero-order valence-electron chi connectivity index (χ0n) is 14.8. The third-order valence-corrected chi connectivity index (χ3v) is 3.61. The number of hydrogen-bond acceptors (Lipinski definition) is 5. The fraction of sp³-hybridized carbons (Fsp3) is 0.150. The average molecular weight is 347 g/mol. The predicted molar refractivity (Wildman–Crippen MR) is 105 cm³/mol. The van der Waals surface area contributed by atoms with Crippen LogP contribution in [0.1, 0.15) is 18.3 Å². The summed E-state index contributed by atoms with van der Waals surface area (Å²) in [7, 11) is 0. The normalized spacial score (nSPS) is 10.2. The highest BCUT2D eigenvalue weighted by Crippen LogP contribution is 2.21. The lowest BCUT2D eigenvalue weighted by Gasteiger charge is -2.11. The Kier molecular flexibility index (Phi) is 5.43. The molecule has 6 nitrogen and oxygen atoms in total. The number of hydrogen-bond donors (Lipinski definition) is 3. The van der Waals surface area contributed by atoms with Crippen molar-refractivity contribution >= 4 is 28.9 Å². The van der Waals surface area contributed by atoms with Crippen molar-refractivity contribution in [2.45, 2.75) is 20.4 Å². The molecule has 0 saturated carbocycles. The molecule has 0 atom stereocenters. The van der Waals surface area contributed by atoms with Crippen LogP contribution in [0.5, 0.6) is 0 Å². The van der Waals surface area contributed by atoms with E-state index >= 15 is 0 Å². The van der Waals surface area contributed by atoms with E-state index in [1.165, 1.54) is 12.5 Å². The third kappa shape index (κ3) is 5.04. The molecule has 1 aromatic heterocycles. The first kappa shape index (κ1) is 17.4. The van der Waals surface area contributed by atoms with Crippen molar-refractivity contribution in [3.05, 3.63) is 72.1 Å². The summed E-state index contributed by atoms with van der Waals surface area (Å²) < 4.78 is 0.